The number of unbranched alkanes of at least 4 members (excludes halogenated alkanes) is 3. The monoisotopic (exact) mass is 470 g/mol. The van der Waals surface area contributed by atoms with E-state index in [0.717, 1.165) is 0 Å². The van der Waals surface area contributed by atoms with E-state index in [2.05, 4.69) is 121 Å². The molecule has 0 aromatic heterocycles. The lowest BCUT2D eigenvalue weighted by atomic mass is 9.91. The fourth-order valence-electron chi connectivity index (χ4n) is 6.64. The summed E-state index contributed by atoms with van der Waals surface area (Å²) in [7, 11) is -1.88. The molecule has 0 N–H and O–H groups in total. The maximum atomic E-state index is 2.66. The van der Waals surface area contributed by atoms with Crippen molar-refractivity contribution in [3.63, 3.8) is 0 Å². The molecule has 0 unspecified atom stereocenters. The number of aryl methyl sites for hydroxylation is 1. The van der Waals surface area contributed by atoms with Crippen molar-refractivity contribution in [1.82, 2.24) is 0 Å². The maximum absolute atomic E-state index is 2.66. The minimum absolute atomic E-state index is 0.675. The van der Waals surface area contributed by atoms with Gasteiger partial charge in [-0.05, 0) is 62.5 Å². The fraction of sp³-hybridized carbons (Fsp3) is 0.455. The summed E-state index contributed by atoms with van der Waals surface area (Å²) in [4.78, 5) is 0. The summed E-state index contributed by atoms with van der Waals surface area (Å²) in [6.45, 7) is 17.3. The Morgan fingerprint density at radius 1 is 0.618 bits per heavy atom. The molecule has 0 nitrogen and oxygen atoms in total. The number of benzene rings is 3. The van der Waals surface area contributed by atoms with Gasteiger partial charge in [0.1, 0.15) is 0 Å². The molecule has 34 heavy (non-hydrogen) atoms. The molecular formula is C33H46Si. The predicted octanol–water partition coefficient (Wildman–Crippen LogP) is 10.0. The van der Waals surface area contributed by atoms with E-state index in [-0.39, 0.29) is 0 Å². The quantitative estimate of drug-likeness (QED) is 0.193. The smallest absolute Gasteiger partial charge is 0.0654 e. The van der Waals surface area contributed by atoms with Gasteiger partial charge in [0.05, 0.1) is 8.07 Å². The molecule has 0 heterocycles. The SMILES string of the molecule is CCCCCCc1cc(-c2ccccc2)c(-c2ccccc2)c([Si](C(C)C)(C(C)C)C(C)C)c1. The Morgan fingerprint density at radius 3 is 1.65 bits per heavy atom. The lowest BCUT2D eigenvalue weighted by Gasteiger charge is -2.45. The third-order valence-electron chi connectivity index (χ3n) is 8.00. The third-order valence-corrected chi connectivity index (χ3v) is 15.1. The Kier molecular flexibility index (Phi) is 9.37. The van der Waals surface area contributed by atoms with Crippen molar-refractivity contribution in [2.45, 2.75) is 97.2 Å². The first-order valence-corrected chi connectivity index (χ1v) is 15.8. The van der Waals surface area contributed by atoms with Gasteiger partial charge in [0, 0.05) is 0 Å². The van der Waals surface area contributed by atoms with Crippen LogP contribution < -0.4 is 5.19 Å². The van der Waals surface area contributed by atoms with E-state index in [0.29, 0.717) is 16.6 Å². The molecular weight excluding hydrogens is 424 g/mol. The molecule has 0 spiro atoms. The standard InChI is InChI=1S/C33H46Si/c1-8-9-10-13-18-28-23-31(29-19-14-11-15-20-29)33(30-21-16-12-17-22-30)32(24-28)34(25(2)3,26(4)5)27(6)7/h11-12,14-17,19-27H,8-10,13,18H2,1-7H3. The zero-order valence-corrected chi connectivity index (χ0v) is 23.7. The number of rotatable bonds is 11. The number of hydrogen-bond acceptors (Lipinski definition) is 0. The summed E-state index contributed by atoms with van der Waals surface area (Å²) in [6, 6.07) is 27.5. The lowest BCUT2D eigenvalue weighted by Crippen LogP contribution is -2.56. The van der Waals surface area contributed by atoms with Gasteiger partial charge in [-0.2, -0.15) is 0 Å². The molecule has 3 aromatic rings. The molecule has 0 aliphatic rings. The number of hydrogen-bond donors (Lipinski definition) is 0. The van der Waals surface area contributed by atoms with Crippen molar-refractivity contribution >= 4 is 13.3 Å². The molecule has 0 fully saturated rings. The largest absolute Gasteiger partial charge is 0.0951 e. The van der Waals surface area contributed by atoms with E-state index < -0.39 is 8.07 Å². The van der Waals surface area contributed by atoms with Crippen LogP contribution >= 0.6 is 0 Å². The van der Waals surface area contributed by atoms with Gasteiger partial charge in [0.15, 0.2) is 0 Å². The van der Waals surface area contributed by atoms with Crippen LogP contribution in [0.4, 0.5) is 0 Å². The molecule has 0 radical (unpaired) electrons. The second-order valence-corrected chi connectivity index (χ2v) is 16.9. The van der Waals surface area contributed by atoms with Crippen LogP contribution in [0.3, 0.4) is 0 Å². The van der Waals surface area contributed by atoms with Gasteiger partial charge >= 0.3 is 0 Å². The molecule has 0 aliphatic heterocycles. The first kappa shape index (κ1) is 26.5. The zero-order valence-electron chi connectivity index (χ0n) is 22.7. The van der Waals surface area contributed by atoms with E-state index in [1.807, 2.05) is 0 Å². The minimum Gasteiger partial charge on any atom is -0.0654 e. The van der Waals surface area contributed by atoms with E-state index in [4.69, 9.17) is 0 Å². The average molecular weight is 471 g/mol. The van der Waals surface area contributed by atoms with Crippen LogP contribution in [0.2, 0.25) is 16.6 Å². The fourth-order valence-corrected chi connectivity index (χ4v) is 13.7. The highest BCUT2D eigenvalue weighted by molar-refractivity contribution is 6.96. The van der Waals surface area contributed by atoms with Crippen molar-refractivity contribution in [3.05, 3.63) is 78.4 Å². The Morgan fingerprint density at radius 2 is 1.15 bits per heavy atom. The first-order valence-electron chi connectivity index (χ1n) is 13.6. The zero-order chi connectivity index (χ0) is 24.7. The van der Waals surface area contributed by atoms with Crippen LogP contribution in [-0.2, 0) is 6.42 Å². The molecule has 3 aromatic carbocycles. The molecule has 182 valence electrons. The van der Waals surface area contributed by atoms with Crippen molar-refractivity contribution in [1.29, 1.82) is 0 Å². The molecule has 0 saturated heterocycles. The Hall–Kier alpha value is -2.12. The van der Waals surface area contributed by atoms with Gasteiger partial charge < -0.3 is 0 Å². The van der Waals surface area contributed by atoms with Crippen LogP contribution in [0.1, 0.15) is 79.7 Å². The Balaban J connectivity index is 2.39. The first-order chi connectivity index (χ1) is 16.3. The van der Waals surface area contributed by atoms with Crippen LogP contribution in [-0.4, -0.2) is 8.07 Å². The Bertz CT molecular complexity index is 993. The summed E-state index contributed by atoms with van der Waals surface area (Å²) in [6.07, 6.45) is 6.42. The highest BCUT2D eigenvalue weighted by Crippen LogP contribution is 2.45. The second-order valence-electron chi connectivity index (χ2n) is 11.0. The van der Waals surface area contributed by atoms with Gasteiger partial charge in [0.2, 0.25) is 0 Å². The normalized spacial score (nSPS) is 12.2. The van der Waals surface area contributed by atoms with Crippen LogP contribution in [0.15, 0.2) is 72.8 Å². The van der Waals surface area contributed by atoms with Gasteiger partial charge in [-0.3, -0.25) is 0 Å². The maximum Gasteiger partial charge on any atom is 0.0951 e. The van der Waals surface area contributed by atoms with Crippen molar-refractivity contribution in [3.8, 4) is 22.3 Å². The van der Waals surface area contributed by atoms with Gasteiger partial charge in [-0.15, -0.1) is 0 Å². The predicted molar refractivity (Wildman–Crippen MR) is 156 cm³/mol. The summed E-state index contributed by atoms with van der Waals surface area (Å²) >= 11 is 0. The summed E-state index contributed by atoms with van der Waals surface area (Å²) in [5, 5.41) is 1.69. The summed E-state index contributed by atoms with van der Waals surface area (Å²) in [5.74, 6) is 0. The van der Waals surface area contributed by atoms with Gasteiger partial charge in [0.25, 0.3) is 0 Å². The van der Waals surface area contributed by atoms with E-state index in [9.17, 15) is 0 Å². The second kappa shape index (κ2) is 12.0. The van der Waals surface area contributed by atoms with E-state index in [1.54, 1.807) is 5.19 Å². The third kappa shape index (κ3) is 5.41. The Labute approximate surface area is 210 Å². The molecule has 0 saturated carbocycles. The molecule has 0 bridgehead atoms. The molecule has 1 heteroatoms. The van der Waals surface area contributed by atoms with E-state index in [1.165, 1.54) is 59.9 Å². The molecule has 0 aliphatic carbocycles. The molecule has 0 atom stereocenters. The van der Waals surface area contributed by atoms with Crippen LogP contribution in [0, 0.1) is 0 Å². The van der Waals surface area contributed by atoms with Gasteiger partial charge in [-0.1, -0.05) is 141 Å². The average Bonchev–Trinajstić information content (AvgIpc) is 2.82. The topological polar surface area (TPSA) is 0 Å². The van der Waals surface area contributed by atoms with Crippen LogP contribution in [0.25, 0.3) is 22.3 Å². The molecule has 3 rings (SSSR count). The minimum atomic E-state index is -1.88. The van der Waals surface area contributed by atoms with Gasteiger partial charge in [-0.25, -0.2) is 0 Å². The van der Waals surface area contributed by atoms with Crippen LogP contribution in [0.5, 0.6) is 0 Å². The summed E-state index contributed by atoms with van der Waals surface area (Å²) < 4.78 is 0. The van der Waals surface area contributed by atoms with Crippen molar-refractivity contribution in [2.24, 2.45) is 0 Å². The lowest BCUT2D eigenvalue weighted by molar-refractivity contribution is 0.667. The summed E-state index contributed by atoms with van der Waals surface area (Å²) in [5.41, 5.74) is 9.19. The highest BCUT2D eigenvalue weighted by Gasteiger charge is 2.46. The molecule has 0 amide bonds. The van der Waals surface area contributed by atoms with E-state index >= 15 is 0 Å². The van der Waals surface area contributed by atoms with Crippen molar-refractivity contribution in [2.75, 3.05) is 0 Å². The van der Waals surface area contributed by atoms with Crippen molar-refractivity contribution < 1.29 is 0 Å². The highest BCUT2D eigenvalue weighted by atomic mass is 28.3.